The first-order valence-corrected chi connectivity index (χ1v) is 9.24. The zero-order valence-corrected chi connectivity index (χ0v) is 14.7. The molecule has 1 aliphatic heterocycles. The largest absolute Gasteiger partial charge is 0.391 e. The van der Waals surface area contributed by atoms with Gasteiger partial charge in [0.25, 0.3) is 0 Å². The van der Waals surface area contributed by atoms with Gasteiger partial charge in [0.2, 0.25) is 0 Å². The number of hydrogen-bond acceptors (Lipinski definition) is 4. The molecule has 1 aliphatic carbocycles. The second-order valence-corrected chi connectivity index (χ2v) is 7.65. The number of nitrogens with zero attached hydrogens (tertiary/aromatic N) is 4. The van der Waals surface area contributed by atoms with Crippen molar-refractivity contribution < 1.29 is 13.9 Å². The Bertz CT molecular complexity index is 978. The van der Waals surface area contributed by atoms with E-state index in [4.69, 9.17) is 0 Å². The Labute approximate surface area is 155 Å². The van der Waals surface area contributed by atoms with E-state index in [0.29, 0.717) is 17.2 Å². The molecule has 4 atom stereocenters. The van der Waals surface area contributed by atoms with E-state index in [9.17, 15) is 13.9 Å². The minimum absolute atomic E-state index is 0.0257. The predicted molar refractivity (Wildman–Crippen MR) is 97.4 cm³/mol. The summed E-state index contributed by atoms with van der Waals surface area (Å²) in [4.78, 5) is 10.4. The first kappa shape index (κ1) is 16.6. The quantitative estimate of drug-likeness (QED) is 0.753. The number of rotatable bonds is 2. The number of aliphatic hydroxyl groups excluding tert-OH is 1. The van der Waals surface area contributed by atoms with Crippen molar-refractivity contribution in [2.24, 2.45) is 11.8 Å². The highest BCUT2D eigenvalue weighted by Gasteiger charge is 2.42. The van der Waals surface area contributed by atoms with Crippen molar-refractivity contribution in [1.82, 2.24) is 14.5 Å². The minimum atomic E-state index is -0.640. The summed E-state index contributed by atoms with van der Waals surface area (Å²) in [7, 11) is 0. The van der Waals surface area contributed by atoms with Crippen molar-refractivity contribution in [1.29, 1.82) is 0 Å². The minimum Gasteiger partial charge on any atom is -0.391 e. The van der Waals surface area contributed by atoms with E-state index in [1.165, 1.54) is 6.07 Å². The van der Waals surface area contributed by atoms with Gasteiger partial charge in [-0.2, -0.15) is 0 Å². The summed E-state index contributed by atoms with van der Waals surface area (Å²) < 4.78 is 29.9. The molecule has 7 heteroatoms. The molecule has 1 saturated carbocycles. The van der Waals surface area contributed by atoms with Crippen molar-refractivity contribution in [3.05, 3.63) is 54.8 Å². The standard InChI is InChI=1S/C20H20F2N4O/c21-14-7-15-17(1-2-24-20(15)16(22)8-14)26-9-12-5-18(25-4-3-23-11-25)19(27)6-13(12)10-26/h1-4,7-8,11-13,18-19,27H,5-6,9-10H2/t12-,13+,18-,19-/m1/s1. The van der Waals surface area contributed by atoms with Crippen molar-refractivity contribution in [3.8, 4) is 0 Å². The topological polar surface area (TPSA) is 54.2 Å². The summed E-state index contributed by atoms with van der Waals surface area (Å²) in [6.45, 7) is 1.58. The van der Waals surface area contributed by atoms with E-state index in [2.05, 4.69) is 14.9 Å². The summed E-state index contributed by atoms with van der Waals surface area (Å²) in [6.07, 6.45) is 8.12. The molecular formula is C20H20F2N4O. The van der Waals surface area contributed by atoms with Crippen molar-refractivity contribution in [3.63, 3.8) is 0 Å². The fraction of sp³-hybridized carbons (Fsp3) is 0.400. The zero-order chi connectivity index (χ0) is 18.5. The number of aliphatic hydroxyl groups is 1. The number of pyridine rings is 1. The van der Waals surface area contributed by atoms with Gasteiger partial charge in [0, 0.05) is 48.8 Å². The smallest absolute Gasteiger partial charge is 0.152 e. The molecule has 5 nitrogen and oxygen atoms in total. The van der Waals surface area contributed by atoms with Crippen LogP contribution in [0, 0.1) is 23.5 Å². The number of benzene rings is 1. The van der Waals surface area contributed by atoms with Gasteiger partial charge in [-0.05, 0) is 36.8 Å². The highest BCUT2D eigenvalue weighted by atomic mass is 19.1. The summed E-state index contributed by atoms with van der Waals surface area (Å²) in [5, 5.41) is 11.1. The number of hydrogen-bond donors (Lipinski definition) is 1. The van der Waals surface area contributed by atoms with E-state index in [0.717, 1.165) is 37.7 Å². The van der Waals surface area contributed by atoms with Crippen LogP contribution in [0.1, 0.15) is 18.9 Å². The second-order valence-electron chi connectivity index (χ2n) is 7.65. The van der Waals surface area contributed by atoms with Gasteiger partial charge < -0.3 is 14.6 Å². The molecule has 2 aliphatic rings. The average Bonchev–Trinajstić information content (AvgIpc) is 3.29. The first-order valence-electron chi connectivity index (χ1n) is 9.24. The molecule has 140 valence electrons. The number of halogens is 2. The maximum absolute atomic E-state index is 14.1. The lowest BCUT2D eigenvalue weighted by Crippen LogP contribution is -2.35. The summed E-state index contributed by atoms with van der Waals surface area (Å²) >= 11 is 0. The number of imidazole rings is 1. The van der Waals surface area contributed by atoms with Crippen molar-refractivity contribution in [2.75, 3.05) is 18.0 Å². The van der Waals surface area contributed by atoms with Gasteiger partial charge in [-0.15, -0.1) is 0 Å². The predicted octanol–water partition coefficient (Wildman–Crippen LogP) is 3.16. The first-order chi connectivity index (χ1) is 13.1. The average molecular weight is 370 g/mol. The lowest BCUT2D eigenvalue weighted by molar-refractivity contribution is 0.0358. The Morgan fingerprint density at radius 2 is 1.89 bits per heavy atom. The Kier molecular flexibility index (Phi) is 3.86. The van der Waals surface area contributed by atoms with Crippen LogP contribution in [0.25, 0.3) is 10.9 Å². The van der Waals surface area contributed by atoms with Crippen LogP contribution in [0.3, 0.4) is 0 Å². The molecule has 0 amide bonds. The Morgan fingerprint density at radius 3 is 2.67 bits per heavy atom. The molecule has 3 heterocycles. The lowest BCUT2D eigenvalue weighted by atomic mass is 9.77. The van der Waals surface area contributed by atoms with Crippen LogP contribution in [0.4, 0.5) is 14.5 Å². The summed E-state index contributed by atoms with van der Waals surface area (Å²) in [6, 6.07) is 4.07. The molecule has 27 heavy (non-hydrogen) atoms. The van der Waals surface area contributed by atoms with Crippen LogP contribution >= 0.6 is 0 Å². The normalized spacial score (nSPS) is 27.9. The third-order valence-corrected chi connectivity index (χ3v) is 6.10. The molecule has 2 fully saturated rings. The molecular weight excluding hydrogens is 350 g/mol. The monoisotopic (exact) mass is 370 g/mol. The molecule has 2 aromatic heterocycles. The number of fused-ring (bicyclic) bond motifs is 2. The Balaban J connectivity index is 1.45. The van der Waals surface area contributed by atoms with E-state index in [1.54, 1.807) is 18.7 Å². The van der Waals surface area contributed by atoms with E-state index < -0.39 is 17.7 Å². The van der Waals surface area contributed by atoms with Gasteiger partial charge in [0.15, 0.2) is 5.82 Å². The van der Waals surface area contributed by atoms with E-state index >= 15 is 0 Å². The highest BCUT2D eigenvalue weighted by molar-refractivity contribution is 5.92. The van der Waals surface area contributed by atoms with Crippen LogP contribution in [-0.2, 0) is 0 Å². The van der Waals surface area contributed by atoms with Gasteiger partial charge in [-0.1, -0.05) is 0 Å². The Hall–Kier alpha value is -2.54. The molecule has 0 unspecified atom stereocenters. The van der Waals surface area contributed by atoms with Crippen LogP contribution in [0.15, 0.2) is 43.1 Å². The van der Waals surface area contributed by atoms with Gasteiger partial charge >= 0.3 is 0 Å². The van der Waals surface area contributed by atoms with Crippen LogP contribution in [-0.4, -0.2) is 38.8 Å². The molecule has 1 saturated heterocycles. The van der Waals surface area contributed by atoms with Gasteiger partial charge in [0.1, 0.15) is 11.3 Å². The summed E-state index contributed by atoms with van der Waals surface area (Å²) in [5.41, 5.74) is 1.00. The molecule has 1 N–H and O–H groups in total. The third kappa shape index (κ3) is 2.77. The van der Waals surface area contributed by atoms with Crippen LogP contribution < -0.4 is 4.90 Å². The summed E-state index contributed by atoms with van der Waals surface area (Å²) in [5.74, 6) is -0.454. The zero-order valence-electron chi connectivity index (χ0n) is 14.7. The molecule has 0 radical (unpaired) electrons. The van der Waals surface area contributed by atoms with Crippen LogP contribution in [0.2, 0.25) is 0 Å². The van der Waals surface area contributed by atoms with Gasteiger partial charge in [-0.3, -0.25) is 4.98 Å². The fourth-order valence-electron chi connectivity index (χ4n) is 4.83. The third-order valence-electron chi connectivity index (χ3n) is 6.10. The van der Waals surface area contributed by atoms with Crippen molar-refractivity contribution in [2.45, 2.75) is 25.0 Å². The molecule has 5 rings (SSSR count). The molecule has 1 aromatic carbocycles. The van der Waals surface area contributed by atoms with Crippen molar-refractivity contribution >= 4 is 16.6 Å². The van der Waals surface area contributed by atoms with E-state index in [1.807, 2.05) is 16.8 Å². The number of aromatic nitrogens is 3. The molecule has 3 aromatic rings. The van der Waals surface area contributed by atoms with Crippen LogP contribution in [0.5, 0.6) is 0 Å². The van der Waals surface area contributed by atoms with E-state index in [-0.39, 0.29) is 11.6 Å². The van der Waals surface area contributed by atoms with Gasteiger partial charge in [-0.25, -0.2) is 13.8 Å². The SMILES string of the molecule is O[C@@H]1C[C@H]2CN(c3ccnc4c(F)cc(F)cc34)C[C@H]2C[C@H]1n1ccnc1. The van der Waals surface area contributed by atoms with Gasteiger partial charge in [0.05, 0.1) is 18.5 Å². The molecule has 0 spiro atoms. The Morgan fingerprint density at radius 1 is 1.07 bits per heavy atom. The lowest BCUT2D eigenvalue weighted by Gasteiger charge is -2.35. The number of anilines is 1. The maximum atomic E-state index is 14.1. The second kappa shape index (κ2) is 6.27. The highest BCUT2D eigenvalue weighted by Crippen LogP contribution is 2.43. The maximum Gasteiger partial charge on any atom is 0.152 e. The fourth-order valence-corrected chi connectivity index (χ4v) is 4.83. The molecule has 0 bridgehead atoms.